The molecule has 0 radical (unpaired) electrons. The summed E-state index contributed by atoms with van der Waals surface area (Å²) in [7, 11) is 0. The molecule has 0 aliphatic rings. The topological polar surface area (TPSA) is 107 Å². The first-order valence-electron chi connectivity index (χ1n) is 11.1. The van der Waals surface area contributed by atoms with Crippen LogP contribution in [0.15, 0.2) is 48.7 Å². The van der Waals surface area contributed by atoms with Gasteiger partial charge in [0.25, 0.3) is 5.91 Å². The molecule has 2 heterocycles. The number of nitrogens with zero attached hydrogens (tertiary/aromatic N) is 1. The maximum absolute atomic E-state index is 13.3. The lowest BCUT2D eigenvalue weighted by Gasteiger charge is -2.18. The maximum atomic E-state index is 13.3. The first-order chi connectivity index (χ1) is 17.2. The van der Waals surface area contributed by atoms with Crippen LogP contribution in [0.5, 0.6) is 0 Å². The van der Waals surface area contributed by atoms with Crippen LogP contribution in [0.4, 0.5) is 18.0 Å². The molecule has 1 aromatic carbocycles. The molecule has 2 N–H and O–H groups in total. The van der Waals surface area contributed by atoms with Gasteiger partial charge in [-0.25, -0.2) is 9.59 Å². The number of rotatable bonds is 10. The van der Waals surface area contributed by atoms with Crippen molar-refractivity contribution in [1.29, 1.82) is 0 Å². The third-order valence-electron chi connectivity index (χ3n) is 4.94. The molecular weight excluding hydrogens is 499 g/mol. The van der Waals surface area contributed by atoms with Crippen molar-refractivity contribution < 1.29 is 37.0 Å². The Bertz CT molecular complexity index is 1200. The normalized spacial score (nSPS) is 12.1. The Hall–Kier alpha value is -3.67. The van der Waals surface area contributed by atoms with Crippen molar-refractivity contribution in [2.45, 2.75) is 38.6 Å². The minimum atomic E-state index is -4.60. The summed E-state index contributed by atoms with van der Waals surface area (Å²) in [5.74, 6) is -1.50. The minimum Gasteiger partial charge on any atom is -0.464 e. The molecule has 36 heavy (non-hydrogen) atoms. The first-order valence-corrected chi connectivity index (χ1v) is 11.9. The van der Waals surface area contributed by atoms with Crippen molar-refractivity contribution in [2.24, 2.45) is 0 Å². The highest BCUT2D eigenvalue weighted by atomic mass is 32.1. The second kappa shape index (κ2) is 12.3. The fraction of sp³-hybridized carbons (Fsp3) is 0.333. The molecule has 0 aliphatic heterocycles. The average Bonchev–Trinajstić information content (AvgIpc) is 3.29. The van der Waals surface area contributed by atoms with E-state index in [2.05, 4.69) is 15.6 Å². The second-order valence-electron chi connectivity index (χ2n) is 7.67. The zero-order chi connectivity index (χ0) is 26.1. The van der Waals surface area contributed by atoms with Gasteiger partial charge in [-0.15, -0.1) is 11.3 Å². The van der Waals surface area contributed by atoms with Crippen LogP contribution < -0.4 is 10.6 Å². The van der Waals surface area contributed by atoms with E-state index in [1.165, 1.54) is 6.07 Å². The zero-order valence-corrected chi connectivity index (χ0v) is 20.1. The third kappa shape index (κ3) is 7.41. The molecule has 0 spiro atoms. The van der Waals surface area contributed by atoms with E-state index in [1.54, 1.807) is 24.3 Å². The lowest BCUT2D eigenvalue weighted by molar-refractivity contribution is -0.146. The van der Waals surface area contributed by atoms with Crippen LogP contribution in [-0.2, 0) is 27.1 Å². The number of aromatic nitrogens is 1. The molecule has 192 valence electrons. The SMILES string of the molecule is CCCCOC(=O)[C@@H](CNC(=O)c1cc2nccc(C(F)(F)F)c2s1)NC(=O)OCc1ccccc1. The van der Waals surface area contributed by atoms with Gasteiger partial charge in [0.05, 0.1) is 27.3 Å². The Labute approximate surface area is 208 Å². The van der Waals surface area contributed by atoms with Crippen LogP contribution in [0.25, 0.3) is 10.2 Å². The Kier molecular flexibility index (Phi) is 9.23. The number of carbonyl (C=O) groups excluding carboxylic acids is 3. The number of hydrogen-bond donors (Lipinski definition) is 2. The second-order valence-corrected chi connectivity index (χ2v) is 8.72. The van der Waals surface area contributed by atoms with Crippen LogP contribution in [0, 0.1) is 0 Å². The lowest BCUT2D eigenvalue weighted by Crippen LogP contribution is -2.49. The van der Waals surface area contributed by atoms with Crippen molar-refractivity contribution in [2.75, 3.05) is 13.2 Å². The molecule has 2 amide bonds. The van der Waals surface area contributed by atoms with E-state index in [9.17, 15) is 27.6 Å². The number of fused-ring (bicyclic) bond motifs is 1. The molecule has 3 aromatic rings. The number of alkyl halides is 3. The quantitative estimate of drug-likeness (QED) is 0.295. The van der Waals surface area contributed by atoms with Crippen molar-refractivity contribution >= 4 is 39.5 Å². The van der Waals surface area contributed by atoms with Crippen molar-refractivity contribution in [3.63, 3.8) is 0 Å². The summed E-state index contributed by atoms with van der Waals surface area (Å²) in [6, 6.07) is 9.69. The smallest absolute Gasteiger partial charge is 0.417 e. The number of hydrogen-bond acceptors (Lipinski definition) is 7. The number of amides is 2. The van der Waals surface area contributed by atoms with Crippen molar-refractivity contribution in [3.05, 3.63) is 64.7 Å². The van der Waals surface area contributed by atoms with Crippen LogP contribution in [-0.4, -0.2) is 42.1 Å². The Morgan fingerprint density at radius 2 is 1.86 bits per heavy atom. The monoisotopic (exact) mass is 523 g/mol. The number of unbranched alkanes of at least 4 members (excludes halogenated alkanes) is 1. The van der Waals surface area contributed by atoms with E-state index < -0.39 is 35.8 Å². The Balaban J connectivity index is 1.66. The van der Waals surface area contributed by atoms with Crippen LogP contribution in [0.3, 0.4) is 0 Å². The summed E-state index contributed by atoms with van der Waals surface area (Å²) in [5.41, 5.74) is -0.130. The molecule has 0 fully saturated rings. The molecule has 8 nitrogen and oxygen atoms in total. The van der Waals surface area contributed by atoms with Gasteiger partial charge >= 0.3 is 18.2 Å². The van der Waals surface area contributed by atoms with Gasteiger partial charge in [0.2, 0.25) is 0 Å². The summed E-state index contributed by atoms with van der Waals surface area (Å²) >= 11 is 0.633. The molecule has 12 heteroatoms. The molecular formula is C24H24F3N3O5S. The van der Waals surface area contributed by atoms with E-state index in [1.807, 2.05) is 13.0 Å². The molecule has 0 bridgehead atoms. The lowest BCUT2D eigenvalue weighted by atomic mass is 10.2. The fourth-order valence-corrected chi connectivity index (χ4v) is 4.14. The van der Waals surface area contributed by atoms with E-state index in [0.29, 0.717) is 17.8 Å². The molecule has 0 aliphatic carbocycles. The summed E-state index contributed by atoms with van der Waals surface area (Å²) in [6.07, 6.45) is -3.09. The highest BCUT2D eigenvalue weighted by Gasteiger charge is 2.34. The first kappa shape index (κ1) is 26.9. The standard InChI is InChI=1S/C24H24F3N3O5S/c1-2-3-11-34-22(32)18(30-23(33)35-14-15-7-5-4-6-8-15)13-29-21(31)19-12-17-20(36-19)16(9-10-28-17)24(25,26)27/h4-10,12,18H,2-3,11,13-14H2,1H3,(H,29,31)(H,30,33)/t18-/m1/s1. The maximum Gasteiger partial charge on any atom is 0.417 e. The van der Waals surface area contributed by atoms with Gasteiger partial charge in [-0.05, 0) is 24.1 Å². The fourth-order valence-electron chi connectivity index (χ4n) is 3.07. The van der Waals surface area contributed by atoms with Crippen molar-refractivity contribution in [1.82, 2.24) is 15.6 Å². The average molecular weight is 524 g/mol. The number of nitrogens with one attached hydrogen (secondary N) is 2. The van der Waals surface area contributed by atoms with Gasteiger partial charge in [-0.2, -0.15) is 13.2 Å². The van der Waals surface area contributed by atoms with E-state index in [0.717, 1.165) is 24.2 Å². The summed E-state index contributed by atoms with van der Waals surface area (Å²) in [6.45, 7) is 1.64. The number of pyridine rings is 1. The van der Waals surface area contributed by atoms with Crippen molar-refractivity contribution in [3.8, 4) is 0 Å². The number of halogens is 3. The molecule has 0 saturated heterocycles. The molecule has 2 aromatic heterocycles. The Morgan fingerprint density at radius 3 is 2.56 bits per heavy atom. The molecule has 0 saturated carbocycles. The van der Waals surface area contributed by atoms with E-state index in [4.69, 9.17) is 9.47 Å². The Morgan fingerprint density at radius 1 is 1.11 bits per heavy atom. The number of benzene rings is 1. The van der Waals surface area contributed by atoms with E-state index >= 15 is 0 Å². The number of carbonyl (C=O) groups is 3. The summed E-state index contributed by atoms with van der Waals surface area (Å²) in [4.78, 5) is 41.3. The van der Waals surface area contributed by atoms with Crippen LogP contribution >= 0.6 is 11.3 Å². The van der Waals surface area contributed by atoms with Gasteiger partial charge in [0, 0.05) is 12.7 Å². The largest absolute Gasteiger partial charge is 0.464 e. The third-order valence-corrected chi connectivity index (χ3v) is 6.10. The van der Waals surface area contributed by atoms with Crippen LogP contribution in [0.2, 0.25) is 0 Å². The number of esters is 1. The number of ether oxygens (including phenoxy) is 2. The minimum absolute atomic E-state index is 0.0260. The van der Waals surface area contributed by atoms with Crippen LogP contribution in [0.1, 0.15) is 40.6 Å². The highest BCUT2D eigenvalue weighted by molar-refractivity contribution is 7.21. The van der Waals surface area contributed by atoms with Gasteiger partial charge in [-0.3, -0.25) is 9.78 Å². The van der Waals surface area contributed by atoms with Gasteiger partial charge in [0.15, 0.2) is 0 Å². The predicted octanol–water partition coefficient (Wildman–Crippen LogP) is 4.68. The summed E-state index contributed by atoms with van der Waals surface area (Å²) in [5, 5.41) is 4.83. The molecule has 0 unspecified atom stereocenters. The number of alkyl carbamates (subject to hydrolysis) is 1. The predicted molar refractivity (Wildman–Crippen MR) is 126 cm³/mol. The highest BCUT2D eigenvalue weighted by Crippen LogP contribution is 2.37. The molecule has 1 atom stereocenters. The van der Waals surface area contributed by atoms with Gasteiger partial charge < -0.3 is 20.1 Å². The van der Waals surface area contributed by atoms with E-state index in [-0.39, 0.29) is 34.9 Å². The zero-order valence-electron chi connectivity index (χ0n) is 19.3. The van der Waals surface area contributed by atoms with Gasteiger partial charge in [-0.1, -0.05) is 43.7 Å². The summed E-state index contributed by atoms with van der Waals surface area (Å²) < 4.78 is 49.9. The molecule has 3 rings (SSSR count). The number of thiophene rings is 1. The van der Waals surface area contributed by atoms with Gasteiger partial charge in [0.1, 0.15) is 12.6 Å².